The van der Waals surface area contributed by atoms with E-state index in [0.29, 0.717) is 38.1 Å². The zero-order valence-corrected chi connectivity index (χ0v) is 62.7. The van der Waals surface area contributed by atoms with Gasteiger partial charge in [0.25, 0.3) is 0 Å². The number of methoxy groups -OCH3 is 3. The molecule has 3 aliphatic rings. The minimum absolute atomic E-state index is 0.141. The predicted molar refractivity (Wildman–Crippen MR) is 356 cm³/mol. The molecule has 0 spiro atoms. The molecule has 1 aliphatic heterocycles. The molecule has 3 rings (SSSR count). The molecule has 18 heteroatoms. The van der Waals surface area contributed by atoms with Gasteiger partial charge in [-0.1, -0.05) is 108 Å². The van der Waals surface area contributed by atoms with E-state index in [2.05, 4.69) is 0 Å². The molecule has 2 saturated carbocycles. The van der Waals surface area contributed by atoms with Gasteiger partial charge >= 0.3 is 35.8 Å². The molecule has 0 aromatic carbocycles. The second kappa shape index (κ2) is 46.6. The van der Waals surface area contributed by atoms with Crippen molar-refractivity contribution >= 4 is 35.8 Å². The lowest BCUT2D eigenvalue weighted by molar-refractivity contribution is -0.197. The Hall–Kier alpha value is -3.42. The van der Waals surface area contributed by atoms with E-state index in [9.17, 15) is 28.8 Å². The Labute approximate surface area is 549 Å². The molecule has 0 aromatic heterocycles. The number of rotatable bonds is 30. The van der Waals surface area contributed by atoms with Gasteiger partial charge in [-0.15, -0.1) is 0 Å². The van der Waals surface area contributed by atoms with Crippen molar-refractivity contribution in [3.63, 3.8) is 0 Å². The van der Waals surface area contributed by atoms with Crippen molar-refractivity contribution in [3.8, 4) is 0 Å². The van der Waals surface area contributed by atoms with Crippen molar-refractivity contribution in [1.82, 2.24) is 0 Å². The van der Waals surface area contributed by atoms with E-state index < -0.39 is 45.9 Å². The lowest BCUT2D eigenvalue weighted by atomic mass is 9.88. The summed E-state index contributed by atoms with van der Waals surface area (Å²) in [6.07, 6.45) is 16.7. The molecule has 0 N–H and O–H groups in total. The van der Waals surface area contributed by atoms with Gasteiger partial charge < -0.3 is 56.8 Å². The van der Waals surface area contributed by atoms with Crippen LogP contribution in [-0.2, 0) is 85.6 Å². The first-order chi connectivity index (χ1) is 41.7. The summed E-state index contributed by atoms with van der Waals surface area (Å²) >= 11 is 0. The van der Waals surface area contributed by atoms with E-state index in [1.165, 1.54) is 32.1 Å². The van der Waals surface area contributed by atoms with Crippen molar-refractivity contribution in [3.05, 3.63) is 0 Å². The fourth-order valence-corrected chi connectivity index (χ4v) is 8.00. The number of hydrogen-bond acceptors (Lipinski definition) is 18. The highest BCUT2D eigenvalue weighted by molar-refractivity contribution is 5.78. The number of ether oxygens (including phenoxy) is 12. The standard InChI is InChI=1S/C14H26O3.C13H24O3.C12H24O3.C11H20O3.2C11H22O3/c1-5-14(2,3)13(15)17-12(16-4)11-9-7-6-8-10-11;1-5-13(2,3)12(14)16-11(15-4)10-8-6-7-9-10;1-7-12(5,6)11(13)15-10(9(3)4)14-8-2;1-4-11(2,3)10(12)14-9-7-5-6-8-13-9;1-7-11(4,5)10(12)14-9(13-6)8(2)3;1-6-9(13-8-3)14-10(12)11(4,5)7-2/h11-12H,5-10H2,1-4H3;10-11H,5-9H2,1-4H3;9-10H,7-8H2,1-6H3;9H,4-8H2,1-3H3;8-9H,7H2,1-6H3;9H,6-8H2,1-5H3. The van der Waals surface area contributed by atoms with E-state index in [-0.39, 0.29) is 71.9 Å². The van der Waals surface area contributed by atoms with Crippen molar-refractivity contribution in [1.29, 1.82) is 0 Å². The Morgan fingerprint density at radius 1 is 0.378 bits per heavy atom. The van der Waals surface area contributed by atoms with E-state index in [4.69, 9.17) is 56.8 Å². The van der Waals surface area contributed by atoms with Crippen LogP contribution < -0.4 is 0 Å². The maximum absolute atomic E-state index is 12.0. The van der Waals surface area contributed by atoms with Crippen LogP contribution >= 0.6 is 0 Å². The number of hydrogen-bond donors (Lipinski definition) is 0. The van der Waals surface area contributed by atoms with Crippen LogP contribution in [0, 0.1) is 56.2 Å². The summed E-state index contributed by atoms with van der Waals surface area (Å²) in [6, 6.07) is 0. The quantitative estimate of drug-likeness (QED) is 0.0371. The molecule has 534 valence electrons. The maximum atomic E-state index is 12.0. The molecule has 0 aromatic rings. The summed E-state index contributed by atoms with van der Waals surface area (Å²) in [4.78, 5) is 70.7. The zero-order chi connectivity index (χ0) is 70.3. The molecule has 90 heavy (non-hydrogen) atoms. The average Bonchev–Trinajstić information content (AvgIpc) is 3.33. The molecule has 0 radical (unpaired) electrons. The first-order valence-electron chi connectivity index (χ1n) is 34.4. The Kier molecular flexibility index (Phi) is 47.0. The summed E-state index contributed by atoms with van der Waals surface area (Å²) in [6.45, 7) is 50.1. The van der Waals surface area contributed by atoms with Crippen LogP contribution in [0.15, 0.2) is 0 Å². The highest BCUT2D eigenvalue weighted by Crippen LogP contribution is 2.34. The number of carbonyl (C=O) groups is 6. The molecule has 6 atom stereocenters. The third-order valence-corrected chi connectivity index (χ3v) is 17.7. The van der Waals surface area contributed by atoms with Crippen LogP contribution in [0.2, 0.25) is 0 Å². The van der Waals surface area contributed by atoms with E-state index >= 15 is 0 Å². The summed E-state index contributed by atoms with van der Waals surface area (Å²) in [5.74, 6) is 0.140. The second-order valence-electron chi connectivity index (χ2n) is 28.5. The average molecular weight is 1290 g/mol. The van der Waals surface area contributed by atoms with Gasteiger partial charge in [-0.2, -0.15) is 0 Å². The molecule has 1 saturated heterocycles. The molecule has 0 bridgehead atoms. The van der Waals surface area contributed by atoms with Gasteiger partial charge in [0.2, 0.25) is 37.7 Å². The van der Waals surface area contributed by atoms with Crippen LogP contribution in [0.25, 0.3) is 0 Å². The fourth-order valence-electron chi connectivity index (χ4n) is 8.00. The lowest BCUT2D eigenvalue weighted by Crippen LogP contribution is -2.35. The normalized spacial score (nSPS) is 17.6. The second-order valence-corrected chi connectivity index (χ2v) is 28.5. The van der Waals surface area contributed by atoms with Gasteiger partial charge in [0.05, 0.1) is 39.1 Å². The van der Waals surface area contributed by atoms with Crippen LogP contribution in [0.3, 0.4) is 0 Å². The molecular weight excluding hydrogens is 1150 g/mol. The van der Waals surface area contributed by atoms with Gasteiger partial charge in [0.15, 0.2) is 0 Å². The first-order valence-corrected chi connectivity index (χ1v) is 34.4. The molecule has 6 unspecified atom stereocenters. The molecule has 18 nitrogen and oxygen atoms in total. The third-order valence-electron chi connectivity index (χ3n) is 17.7. The largest absolute Gasteiger partial charge is 0.435 e. The van der Waals surface area contributed by atoms with Crippen LogP contribution in [-0.4, -0.2) is 115 Å². The van der Waals surface area contributed by atoms with Gasteiger partial charge in [-0.3, -0.25) is 28.8 Å². The van der Waals surface area contributed by atoms with Gasteiger partial charge in [0, 0.05) is 71.1 Å². The fraction of sp³-hybridized carbons (Fsp3) is 0.917. The van der Waals surface area contributed by atoms with E-state index in [0.717, 1.165) is 83.5 Å². The molecular formula is C72H138O18. The summed E-state index contributed by atoms with van der Waals surface area (Å²) in [5, 5.41) is 0. The lowest BCUT2D eigenvalue weighted by Gasteiger charge is -2.31. The Morgan fingerprint density at radius 2 is 0.689 bits per heavy atom. The minimum atomic E-state index is -0.437. The smallest absolute Gasteiger partial charge is 0.313 e. The molecule has 0 amide bonds. The van der Waals surface area contributed by atoms with Gasteiger partial charge in [-0.25, -0.2) is 0 Å². The SMILES string of the molecule is CCC(C)(C)C(=O)OC(OC)C(C)C.CCC(C)(C)C(=O)OC(OC)C1CCCC1.CCC(C)(C)C(=O)OC(OC)C1CCCCC1.CCC(C)(C)C(=O)OC1CCCCO1.CCOC(CC)OC(=O)C(C)(C)CC.CCOC(OC(=O)C(C)(C)CC)C(C)C. The maximum Gasteiger partial charge on any atom is 0.313 e. The van der Waals surface area contributed by atoms with Gasteiger partial charge in [0.1, 0.15) is 0 Å². The van der Waals surface area contributed by atoms with Crippen molar-refractivity contribution in [2.45, 2.75) is 333 Å². The van der Waals surface area contributed by atoms with Crippen molar-refractivity contribution < 1.29 is 85.6 Å². The molecule has 1 heterocycles. The highest BCUT2D eigenvalue weighted by atomic mass is 16.7. The summed E-state index contributed by atoms with van der Waals surface area (Å²) in [5.41, 5.74) is -2.47. The molecule has 2 aliphatic carbocycles. The van der Waals surface area contributed by atoms with Crippen molar-refractivity contribution in [2.75, 3.05) is 41.2 Å². The first kappa shape index (κ1) is 90.8. The Morgan fingerprint density at radius 3 is 0.978 bits per heavy atom. The summed E-state index contributed by atoms with van der Waals surface area (Å²) in [7, 11) is 4.80. The van der Waals surface area contributed by atoms with E-state index in [1.54, 1.807) is 21.3 Å². The summed E-state index contributed by atoms with van der Waals surface area (Å²) < 4.78 is 63.8. The Bertz CT molecular complexity index is 1890. The Balaban J connectivity index is -0.00000101. The predicted octanol–water partition coefficient (Wildman–Crippen LogP) is 17.5. The third kappa shape index (κ3) is 36.3. The monoisotopic (exact) mass is 1290 g/mol. The molecule has 3 fully saturated rings. The van der Waals surface area contributed by atoms with Gasteiger partial charge in [-0.05, 0) is 174 Å². The number of carbonyl (C=O) groups excluding carboxylic acids is 6. The van der Waals surface area contributed by atoms with Crippen LogP contribution in [0.5, 0.6) is 0 Å². The van der Waals surface area contributed by atoms with Crippen LogP contribution in [0.1, 0.15) is 295 Å². The zero-order valence-electron chi connectivity index (χ0n) is 62.7. The minimum Gasteiger partial charge on any atom is -0.435 e. The number of esters is 6. The van der Waals surface area contributed by atoms with Crippen molar-refractivity contribution in [2.24, 2.45) is 56.2 Å². The van der Waals surface area contributed by atoms with E-state index in [1.807, 2.05) is 173 Å². The van der Waals surface area contributed by atoms with Crippen LogP contribution in [0.4, 0.5) is 0 Å². The topological polar surface area (TPSA) is 213 Å². The highest BCUT2D eigenvalue weighted by Gasteiger charge is 2.37.